The Labute approximate surface area is 214 Å². The smallest absolute Gasteiger partial charge is 0.251 e. The first-order valence-corrected chi connectivity index (χ1v) is 12.3. The van der Waals surface area contributed by atoms with Gasteiger partial charge in [-0.05, 0) is 55.4 Å². The molecule has 0 atom stereocenters. The molecule has 0 bridgehead atoms. The van der Waals surface area contributed by atoms with Gasteiger partial charge < -0.3 is 20.7 Å². The van der Waals surface area contributed by atoms with Gasteiger partial charge in [0.15, 0.2) is 0 Å². The summed E-state index contributed by atoms with van der Waals surface area (Å²) in [6.45, 7) is 5.04. The summed E-state index contributed by atoms with van der Waals surface area (Å²) in [4.78, 5) is 36.2. The number of anilines is 3. The first-order chi connectivity index (χ1) is 17.5. The summed E-state index contributed by atoms with van der Waals surface area (Å²) in [5, 5.41) is 9.57. The van der Waals surface area contributed by atoms with E-state index in [-0.39, 0.29) is 18.2 Å². The van der Waals surface area contributed by atoms with Crippen molar-refractivity contribution < 1.29 is 14.3 Å². The zero-order valence-electron chi connectivity index (χ0n) is 19.7. The number of aromatic nitrogens is 2. The van der Waals surface area contributed by atoms with Crippen LogP contribution in [0.2, 0.25) is 5.02 Å². The number of carbonyl (C=O) groups excluding carboxylic acids is 2. The maximum atomic E-state index is 12.5. The average Bonchev–Trinajstić information content (AvgIpc) is 3.02. The molecule has 3 N–H and O–H groups in total. The molecule has 3 aromatic rings. The Morgan fingerprint density at radius 2 is 1.94 bits per heavy atom. The van der Waals surface area contributed by atoms with Crippen molar-refractivity contribution in [1.29, 1.82) is 0 Å². The number of hydrogen-bond acceptors (Lipinski definition) is 7. The molecule has 2 amide bonds. The fourth-order valence-electron chi connectivity index (χ4n) is 4.29. The minimum Gasteiger partial charge on any atom is -0.379 e. The molecule has 1 aromatic heterocycles. The predicted molar refractivity (Wildman–Crippen MR) is 139 cm³/mol. The van der Waals surface area contributed by atoms with E-state index < -0.39 is 0 Å². The second-order valence-corrected chi connectivity index (χ2v) is 9.18. The van der Waals surface area contributed by atoms with E-state index in [0.717, 1.165) is 56.1 Å². The van der Waals surface area contributed by atoms with Crippen LogP contribution in [0, 0.1) is 0 Å². The second-order valence-electron chi connectivity index (χ2n) is 8.75. The van der Waals surface area contributed by atoms with Gasteiger partial charge in [-0.3, -0.25) is 14.5 Å². The standard InChI is InChI=1S/C26H27ClN6O3/c27-19-4-7-21-22(15-19)31-23(34)14-18-16-29-26(32-24(18)21)30-20-5-2-17(3-6-20)25(35)28-8-1-9-33-10-12-36-13-11-33/h2-7,15-16H,1,8-14H2,(H,28,35)(H,31,34)(H,29,30,32). The minimum absolute atomic E-state index is 0.0998. The van der Waals surface area contributed by atoms with Crippen molar-refractivity contribution in [1.82, 2.24) is 20.2 Å². The normalized spacial score (nSPS) is 15.3. The largest absolute Gasteiger partial charge is 0.379 e. The number of ether oxygens (including phenoxy) is 1. The Morgan fingerprint density at radius 3 is 2.75 bits per heavy atom. The SMILES string of the molecule is O=C1Cc2cnc(Nc3ccc(C(=O)NCCCN4CCOCC4)cc3)nc2-c2ccc(Cl)cc2N1. The van der Waals surface area contributed by atoms with E-state index in [0.29, 0.717) is 34.5 Å². The summed E-state index contributed by atoms with van der Waals surface area (Å²) < 4.78 is 5.36. The highest BCUT2D eigenvalue weighted by atomic mass is 35.5. The van der Waals surface area contributed by atoms with Gasteiger partial charge in [-0.25, -0.2) is 9.97 Å². The number of fused-ring (bicyclic) bond motifs is 3. The topological polar surface area (TPSA) is 108 Å². The number of benzene rings is 2. The third kappa shape index (κ3) is 5.81. The summed E-state index contributed by atoms with van der Waals surface area (Å²) >= 11 is 6.12. The molecule has 2 aromatic carbocycles. The lowest BCUT2D eigenvalue weighted by molar-refractivity contribution is -0.115. The van der Waals surface area contributed by atoms with E-state index >= 15 is 0 Å². The number of carbonyl (C=O) groups is 2. The Morgan fingerprint density at radius 1 is 1.14 bits per heavy atom. The van der Waals surface area contributed by atoms with E-state index in [9.17, 15) is 9.59 Å². The fraction of sp³-hybridized carbons (Fsp3) is 0.308. The molecule has 186 valence electrons. The van der Waals surface area contributed by atoms with Crippen LogP contribution in [-0.4, -0.2) is 66.1 Å². The van der Waals surface area contributed by atoms with Gasteiger partial charge in [0, 0.05) is 53.2 Å². The van der Waals surface area contributed by atoms with Crippen LogP contribution in [0.4, 0.5) is 17.3 Å². The van der Waals surface area contributed by atoms with Crippen LogP contribution in [-0.2, 0) is 16.0 Å². The molecular formula is C26H27ClN6O3. The molecule has 9 nitrogen and oxygen atoms in total. The molecule has 0 spiro atoms. The summed E-state index contributed by atoms with van der Waals surface area (Å²) in [5.41, 5.74) is 4.15. The van der Waals surface area contributed by atoms with Gasteiger partial charge in [-0.15, -0.1) is 0 Å². The molecule has 36 heavy (non-hydrogen) atoms. The Balaban J connectivity index is 1.21. The molecule has 0 aliphatic carbocycles. The third-order valence-corrected chi connectivity index (χ3v) is 6.41. The van der Waals surface area contributed by atoms with Gasteiger partial charge in [-0.1, -0.05) is 11.6 Å². The first-order valence-electron chi connectivity index (χ1n) is 12.0. The van der Waals surface area contributed by atoms with Crippen LogP contribution in [0.1, 0.15) is 22.3 Å². The van der Waals surface area contributed by atoms with Gasteiger partial charge in [0.05, 0.1) is 31.0 Å². The van der Waals surface area contributed by atoms with Crippen molar-refractivity contribution in [3.8, 4) is 11.3 Å². The average molecular weight is 507 g/mol. The van der Waals surface area contributed by atoms with E-state index in [1.807, 2.05) is 18.2 Å². The van der Waals surface area contributed by atoms with Crippen molar-refractivity contribution in [3.63, 3.8) is 0 Å². The van der Waals surface area contributed by atoms with E-state index in [2.05, 4.69) is 30.8 Å². The lowest BCUT2D eigenvalue weighted by Gasteiger charge is -2.26. The van der Waals surface area contributed by atoms with Gasteiger partial charge >= 0.3 is 0 Å². The van der Waals surface area contributed by atoms with Gasteiger partial charge in [0.2, 0.25) is 11.9 Å². The van der Waals surface area contributed by atoms with Crippen molar-refractivity contribution in [3.05, 3.63) is 64.8 Å². The summed E-state index contributed by atoms with van der Waals surface area (Å²) in [7, 11) is 0. The quantitative estimate of drug-likeness (QED) is 0.421. The highest BCUT2D eigenvalue weighted by molar-refractivity contribution is 6.31. The number of nitrogens with one attached hydrogen (secondary N) is 3. The molecule has 5 rings (SSSR count). The Bertz CT molecular complexity index is 1260. The predicted octanol–water partition coefficient (Wildman–Crippen LogP) is 3.49. The molecule has 2 aliphatic heterocycles. The van der Waals surface area contributed by atoms with Crippen molar-refractivity contribution in [2.24, 2.45) is 0 Å². The number of morpholine rings is 1. The summed E-state index contributed by atoms with van der Waals surface area (Å²) in [6, 6.07) is 12.5. The Hall–Kier alpha value is -3.53. The first kappa shape index (κ1) is 24.2. The van der Waals surface area contributed by atoms with Gasteiger partial charge in [0.25, 0.3) is 5.91 Å². The number of hydrogen-bond donors (Lipinski definition) is 3. The highest BCUT2D eigenvalue weighted by Crippen LogP contribution is 2.34. The summed E-state index contributed by atoms with van der Waals surface area (Å²) in [6.07, 6.45) is 2.74. The zero-order valence-corrected chi connectivity index (χ0v) is 20.5. The molecule has 0 unspecified atom stereocenters. The van der Waals surface area contributed by atoms with Crippen molar-refractivity contribution in [2.45, 2.75) is 12.8 Å². The second kappa shape index (κ2) is 11.0. The van der Waals surface area contributed by atoms with Gasteiger partial charge in [-0.2, -0.15) is 0 Å². The molecule has 2 aliphatic rings. The van der Waals surface area contributed by atoms with Crippen LogP contribution >= 0.6 is 11.6 Å². The van der Waals surface area contributed by atoms with Crippen LogP contribution in [0.3, 0.4) is 0 Å². The molecule has 3 heterocycles. The highest BCUT2D eigenvalue weighted by Gasteiger charge is 2.21. The Kier molecular flexibility index (Phi) is 7.41. The molecule has 0 saturated carbocycles. The zero-order chi connectivity index (χ0) is 24.9. The number of rotatable bonds is 7. The molecule has 1 fully saturated rings. The number of nitrogens with zero attached hydrogens (tertiary/aromatic N) is 3. The van der Waals surface area contributed by atoms with E-state index in [1.165, 1.54) is 0 Å². The molecule has 10 heteroatoms. The molecular weight excluding hydrogens is 480 g/mol. The number of halogens is 1. The van der Waals surface area contributed by atoms with Crippen LogP contribution in [0.15, 0.2) is 48.7 Å². The van der Waals surface area contributed by atoms with Crippen LogP contribution < -0.4 is 16.0 Å². The molecule has 1 saturated heterocycles. The fourth-order valence-corrected chi connectivity index (χ4v) is 4.46. The van der Waals surface area contributed by atoms with Crippen molar-refractivity contribution in [2.75, 3.05) is 50.0 Å². The minimum atomic E-state index is -0.142. The van der Waals surface area contributed by atoms with E-state index in [4.69, 9.17) is 16.3 Å². The van der Waals surface area contributed by atoms with E-state index in [1.54, 1.807) is 30.5 Å². The van der Waals surface area contributed by atoms with Gasteiger partial charge in [0.1, 0.15) is 0 Å². The lowest BCUT2D eigenvalue weighted by atomic mass is 10.1. The monoisotopic (exact) mass is 506 g/mol. The van der Waals surface area contributed by atoms with Crippen LogP contribution in [0.5, 0.6) is 0 Å². The third-order valence-electron chi connectivity index (χ3n) is 6.17. The number of amides is 2. The molecule has 0 radical (unpaired) electrons. The summed E-state index contributed by atoms with van der Waals surface area (Å²) in [5.74, 6) is 0.151. The lowest BCUT2D eigenvalue weighted by Crippen LogP contribution is -2.38. The van der Waals surface area contributed by atoms with Crippen molar-refractivity contribution >= 4 is 40.7 Å². The maximum absolute atomic E-state index is 12.5. The maximum Gasteiger partial charge on any atom is 0.251 e. The van der Waals surface area contributed by atoms with Crippen LogP contribution in [0.25, 0.3) is 11.3 Å².